The summed E-state index contributed by atoms with van der Waals surface area (Å²) in [5, 5.41) is 0. The molecule has 2 nitrogen and oxygen atoms in total. The Balaban J connectivity index is 5.33. The Labute approximate surface area is 153 Å². The molecule has 0 aromatic carbocycles. The highest BCUT2D eigenvalue weighted by atomic mass is 32.2. The monoisotopic (exact) mass is 379 g/mol. The maximum atomic E-state index is 6.64. The standard InChI is InChI=1S/C18H42O2SSi2/c1-13(2)22(14(3)4,15(5)6)19-21-20-23(16(7)8,17(9)10)18(11)12/h13-18H,1-12H3/p+1. The van der Waals surface area contributed by atoms with E-state index in [1.54, 1.807) is 0 Å². The molecule has 0 rings (SSSR count). The molecule has 0 saturated carbocycles. The van der Waals surface area contributed by atoms with E-state index in [4.69, 9.17) is 7.74 Å². The average molecular weight is 380 g/mol. The van der Waals surface area contributed by atoms with Gasteiger partial charge in [-0.1, -0.05) is 83.1 Å². The maximum absolute atomic E-state index is 6.64. The molecule has 0 heterocycles. The van der Waals surface area contributed by atoms with Gasteiger partial charge in [0.1, 0.15) is 0 Å². The Morgan fingerprint density at radius 1 is 0.435 bits per heavy atom. The van der Waals surface area contributed by atoms with E-state index in [1.807, 2.05) is 0 Å². The lowest BCUT2D eigenvalue weighted by Gasteiger charge is -2.39. The van der Waals surface area contributed by atoms with Crippen LogP contribution >= 0.6 is 0 Å². The van der Waals surface area contributed by atoms with Gasteiger partial charge in [-0.3, -0.25) is 0 Å². The molecule has 0 amide bonds. The minimum Gasteiger partial charge on any atom is -0.199 e. The van der Waals surface area contributed by atoms with Gasteiger partial charge >= 0.3 is 0 Å². The van der Waals surface area contributed by atoms with Gasteiger partial charge in [0.15, 0.2) is 0 Å². The fraction of sp³-hybridized carbons (Fsp3) is 1.00. The van der Waals surface area contributed by atoms with Crippen molar-refractivity contribution in [2.75, 3.05) is 0 Å². The van der Waals surface area contributed by atoms with E-state index < -0.39 is 16.6 Å². The van der Waals surface area contributed by atoms with Crippen molar-refractivity contribution in [2.24, 2.45) is 0 Å². The van der Waals surface area contributed by atoms with Crippen LogP contribution in [0.5, 0.6) is 0 Å². The van der Waals surface area contributed by atoms with Gasteiger partial charge in [0.2, 0.25) is 0 Å². The molecular formula is C18H43O2SSi2+. The lowest BCUT2D eigenvalue weighted by Crippen LogP contribution is -2.51. The average Bonchev–Trinajstić information content (AvgIpc) is 2.35. The summed E-state index contributed by atoms with van der Waals surface area (Å²) in [6.07, 6.45) is 0. The molecule has 0 N–H and O–H groups in total. The summed E-state index contributed by atoms with van der Waals surface area (Å²) in [7, 11) is -3.69. The molecule has 0 aliphatic carbocycles. The van der Waals surface area contributed by atoms with Gasteiger partial charge < -0.3 is 0 Å². The Hall–Kier alpha value is 0.704. The van der Waals surface area contributed by atoms with Crippen LogP contribution in [-0.4, -0.2) is 16.6 Å². The van der Waals surface area contributed by atoms with Crippen LogP contribution in [0.1, 0.15) is 83.1 Å². The summed E-state index contributed by atoms with van der Waals surface area (Å²) < 4.78 is 13.3. The van der Waals surface area contributed by atoms with Crippen LogP contribution in [0.2, 0.25) is 33.2 Å². The van der Waals surface area contributed by atoms with Crippen LogP contribution in [0.25, 0.3) is 0 Å². The van der Waals surface area contributed by atoms with Crippen LogP contribution < -0.4 is 0 Å². The summed E-state index contributed by atoms with van der Waals surface area (Å²) in [4.78, 5) is 0. The summed E-state index contributed by atoms with van der Waals surface area (Å²) >= 11 is 0.788. The molecule has 0 saturated heterocycles. The molecule has 0 aromatic rings. The normalized spacial score (nSPS) is 14.3. The number of rotatable bonds is 10. The van der Waals surface area contributed by atoms with Gasteiger partial charge in [0, 0.05) is 0 Å². The summed E-state index contributed by atoms with van der Waals surface area (Å²) in [5.41, 5.74) is 3.62. The molecule has 0 bridgehead atoms. The first kappa shape index (κ1) is 23.7. The summed E-state index contributed by atoms with van der Waals surface area (Å²) in [6.45, 7) is 28.0. The van der Waals surface area contributed by atoms with Crippen LogP contribution in [0.15, 0.2) is 0 Å². The van der Waals surface area contributed by atoms with E-state index in [-0.39, 0.29) is 0 Å². The number of hydrogen-bond donors (Lipinski definition) is 0. The van der Waals surface area contributed by atoms with Crippen molar-refractivity contribution in [2.45, 2.75) is 116 Å². The molecule has 0 aliphatic heterocycles. The summed E-state index contributed by atoms with van der Waals surface area (Å²) in [5.74, 6) is 0. The van der Waals surface area contributed by atoms with Crippen molar-refractivity contribution < 1.29 is 7.74 Å². The molecule has 0 aromatic heterocycles. The van der Waals surface area contributed by atoms with Gasteiger partial charge in [-0.05, 0) is 33.2 Å². The van der Waals surface area contributed by atoms with Crippen LogP contribution in [0.3, 0.4) is 0 Å². The van der Waals surface area contributed by atoms with Crippen molar-refractivity contribution in [1.29, 1.82) is 0 Å². The van der Waals surface area contributed by atoms with Crippen molar-refractivity contribution >= 4 is 29.0 Å². The van der Waals surface area contributed by atoms with Crippen molar-refractivity contribution in [3.8, 4) is 0 Å². The molecule has 0 fully saturated rings. The second-order valence-electron chi connectivity index (χ2n) is 8.89. The van der Waals surface area contributed by atoms with E-state index in [9.17, 15) is 0 Å². The Morgan fingerprint density at radius 2 is 0.609 bits per heavy atom. The first-order valence-corrected chi connectivity index (χ1v) is 14.4. The van der Waals surface area contributed by atoms with Crippen LogP contribution in [0, 0.1) is 0 Å². The smallest absolute Gasteiger partial charge is 0.199 e. The number of thiol groups is 1. The lowest BCUT2D eigenvalue weighted by molar-refractivity contribution is 0.455. The van der Waals surface area contributed by atoms with Crippen LogP contribution in [0.4, 0.5) is 0 Å². The third kappa shape index (κ3) is 4.87. The molecule has 0 radical (unpaired) electrons. The van der Waals surface area contributed by atoms with E-state index >= 15 is 0 Å². The zero-order chi connectivity index (χ0) is 18.6. The molecule has 5 heteroatoms. The van der Waals surface area contributed by atoms with Gasteiger partial charge in [-0.2, -0.15) is 7.74 Å². The van der Waals surface area contributed by atoms with Gasteiger partial charge in [0.25, 0.3) is 29.0 Å². The Kier molecular flexibility index (Phi) is 9.70. The lowest BCUT2D eigenvalue weighted by atomic mass is 10.5. The first-order chi connectivity index (χ1) is 10.4. The largest absolute Gasteiger partial charge is 0.280 e. The van der Waals surface area contributed by atoms with Crippen molar-refractivity contribution in [3.63, 3.8) is 0 Å². The second kappa shape index (κ2) is 9.41. The SMILES string of the molecule is CC(C)[Si](O[SH+]O[Si](C(C)C)(C(C)C)C(C)C)(C(C)C)C(C)C. The number of hydrogen-bond acceptors (Lipinski definition) is 2. The molecule has 0 aliphatic rings. The third-order valence-electron chi connectivity index (χ3n) is 5.80. The molecular weight excluding hydrogens is 336 g/mol. The third-order valence-corrected chi connectivity index (χ3v) is 19.8. The van der Waals surface area contributed by atoms with Gasteiger partial charge in [-0.25, -0.2) is 0 Å². The van der Waals surface area contributed by atoms with E-state index in [1.165, 1.54) is 0 Å². The van der Waals surface area contributed by atoms with Crippen molar-refractivity contribution in [3.05, 3.63) is 0 Å². The zero-order valence-electron chi connectivity index (χ0n) is 17.7. The van der Waals surface area contributed by atoms with Gasteiger partial charge in [-0.15, -0.1) is 0 Å². The van der Waals surface area contributed by atoms with Crippen molar-refractivity contribution in [1.82, 2.24) is 0 Å². The zero-order valence-corrected chi connectivity index (χ0v) is 20.6. The molecule has 23 heavy (non-hydrogen) atoms. The van der Waals surface area contributed by atoms with E-state index in [2.05, 4.69) is 83.1 Å². The highest BCUT2D eigenvalue weighted by Gasteiger charge is 2.54. The fourth-order valence-corrected chi connectivity index (χ4v) is 19.4. The minimum atomic E-state index is -1.85. The summed E-state index contributed by atoms with van der Waals surface area (Å²) in [6, 6.07) is 0. The topological polar surface area (TPSA) is 18.5 Å². The van der Waals surface area contributed by atoms with E-state index in [0.29, 0.717) is 33.2 Å². The van der Waals surface area contributed by atoms with Gasteiger partial charge in [0.05, 0.1) is 0 Å². The van der Waals surface area contributed by atoms with Crippen LogP contribution in [-0.2, 0) is 20.1 Å². The molecule has 140 valence electrons. The molecule has 0 unspecified atom stereocenters. The Morgan fingerprint density at radius 3 is 0.739 bits per heavy atom. The molecule has 0 spiro atoms. The first-order valence-electron chi connectivity index (χ1n) is 9.43. The Bertz CT molecular complexity index is 266. The predicted molar refractivity (Wildman–Crippen MR) is 113 cm³/mol. The van der Waals surface area contributed by atoms with E-state index in [0.717, 1.165) is 12.3 Å². The minimum absolute atomic E-state index is 0.604. The fourth-order valence-electron chi connectivity index (χ4n) is 4.78. The highest BCUT2D eigenvalue weighted by Crippen LogP contribution is 2.45. The molecule has 0 atom stereocenters. The predicted octanol–water partition coefficient (Wildman–Crippen LogP) is 7.02. The highest BCUT2D eigenvalue weighted by molar-refractivity contribution is 7.71. The second-order valence-corrected chi connectivity index (χ2v) is 20.8. The maximum Gasteiger partial charge on any atom is 0.280 e. The quantitative estimate of drug-likeness (QED) is 0.231.